The second kappa shape index (κ2) is 4.36. The predicted octanol–water partition coefficient (Wildman–Crippen LogP) is 3.27. The maximum atomic E-state index is 12.1. The molecule has 2 rings (SSSR count). The molecule has 0 radical (unpaired) electrons. The number of pyridine rings is 1. The third-order valence-corrected chi connectivity index (χ3v) is 3.09. The van der Waals surface area contributed by atoms with Crippen molar-refractivity contribution in [1.29, 1.82) is 0 Å². The Kier molecular flexibility index (Phi) is 3.05. The highest BCUT2D eigenvalue weighted by Crippen LogP contribution is 2.20. The molecule has 2 heteroatoms. The fourth-order valence-electron chi connectivity index (χ4n) is 2.33. The lowest BCUT2D eigenvalue weighted by Crippen LogP contribution is -2.23. The van der Waals surface area contributed by atoms with E-state index < -0.39 is 0 Å². The molecule has 0 saturated heterocycles. The molecular formula is C15H19NO. The minimum absolute atomic E-state index is 0.109. The van der Waals surface area contributed by atoms with Gasteiger partial charge in [0, 0.05) is 18.0 Å². The van der Waals surface area contributed by atoms with E-state index in [4.69, 9.17) is 0 Å². The van der Waals surface area contributed by atoms with Gasteiger partial charge in [0.2, 0.25) is 0 Å². The van der Waals surface area contributed by atoms with Gasteiger partial charge in [0.25, 0.3) is 5.56 Å². The number of para-hydroxylation sites is 1. The molecule has 0 unspecified atom stereocenters. The minimum atomic E-state index is 0.109. The Labute approximate surface area is 102 Å². The summed E-state index contributed by atoms with van der Waals surface area (Å²) in [6, 6.07) is 7.95. The van der Waals surface area contributed by atoms with E-state index in [1.165, 1.54) is 10.9 Å². The Bertz CT molecular complexity index is 608. The molecule has 17 heavy (non-hydrogen) atoms. The molecule has 0 atom stereocenters. The Balaban J connectivity index is 2.86. The highest BCUT2D eigenvalue weighted by atomic mass is 16.1. The molecule has 0 aliphatic rings. The second-order valence-electron chi connectivity index (χ2n) is 5.14. The van der Waals surface area contributed by atoms with Crippen molar-refractivity contribution >= 4 is 10.9 Å². The van der Waals surface area contributed by atoms with E-state index in [1.807, 2.05) is 11.5 Å². The summed E-state index contributed by atoms with van der Waals surface area (Å²) in [6.07, 6.45) is 0. The number of aryl methyl sites for hydroxylation is 2. The molecule has 0 bridgehead atoms. The molecule has 0 N–H and O–H groups in total. The average molecular weight is 229 g/mol. The van der Waals surface area contributed by atoms with E-state index in [9.17, 15) is 4.79 Å². The molecule has 0 saturated carbocycles. The predicted molar refractivity (Wildman–Crippen MR) is 72.5 cm³/mol. The van der Waals surface area contributed by atoms with E-state index >= 15 is 0 Å². The Hall–Kier alpha value is -1.57. The minimum Gasteiger partial charge on any atom is -0.308 e. The Morgan fingerprint density at radius 3 is 2.53 bits per heavy atom. The van der Waals surface area contributed by atoms with Crippen LogP contribution in [-0.2, 0) is 6.54 Å². The molecule has 90 valence electrons. The molecule has 0 fully saturated rings. The van der Waals surface area contributed by atoms with Crippen LogP contribution in [0.5, 0.6) is 0 Å². The smallest absolute Gasteiger partial charge is 0.251 e. The zero-order valence-electron chi connectivity index (χ0n) is 10.9. The summed E-state index contributed by atoms with van der Waals surface area (Å²) in [7, 11) is 0. The lowest BCUT2D eigenvalue weighted by Gasteiger charge is -2.15. The molecule has 2 aromatic rings. The Morgan fingerprint density at radius 1 is 1.18 bits per heavy atom. The molecule has 0 spiro atoms. The van der Waals surface area contributed by atoms with Gasteiger partial charge in [-0.3, -0.25) is 4.79 Å². The molecule has 1 heterocycles. The quantitative estimate of drug-likeness (QED) is 0.774. The first-order valence-electron chi connectivity index (χ1n) is 6.10. The van der Waals surface area contributed by atoms with Crippen LogP contribution >= 0.6 is 0 Å². The van der Waals surface area contributed by atoms with Gasteiger partial charge in [-0.1, -0.05) is 32.0 Å². The van der Waals surface area contributed by atoms with E-state index in [-0.39, 0.29) is 5.56 Å². The van der Waals surface area contributed by atoms with Crippen molar-refractivity contribution < 1.29 is 0 Å². The average Bonchev–Trinajstić information content (AvgIpc) is 2.24. The maximum Gasteiger partial charge on any atom is 0.251 e. The van der Waals surface area contributed by atoms with Crippen molar-refractivity contribution in [3.8, 4) is 0 Å². The second-order valence-corrected chi connectivity index (χ2v) is 5.14. The fourth-order valence-corrected chi connectivity index (χ4v) is 2.33. The fraction of sp³-hybridized carbons (Fsp3) is 0.400. The van der Waals surface area contributed by atoms with E-state index in [1.54, 1.807) is 6.07 Å². The highest BCUT2D eigenvalue weighted by Gasteiger charge is 2.09. The first-order chi connectivity index (χ1) is 8.00. The molecule has 2 nitrogen and oxygen atoms in total. The lowest BCUT2D eigenvalue weighted by atomic mass is 10.1. The molecular weight excluding hydrogens is 210 g/mol. The summed E-state index contributed by atoms with van der Waals surface area (Å²) < 4.78 is 1.91. The normalized spacial score (nSPS) is 11.4. The topological polar surface area (TPSA) is 22.0 Å². The Morgan fingerprint density at radius 2 is 1.88 bits per heavy atom. The van der Waals surface area contributed by atoms with Crippen molar-refractivity contribution in [1.82, 2.24) is 4.57 Å². The van der Waals surface area contributed by atoms with Gasteiger partial charge in [0.05, 0.1) is 5.52 Å². The lowest BCUT2D eigenvalue weighted by molar-refractivity contribution is 0.523. The van der Waals surface area contributed by atoms with Gasteiger partial charge in [0.1, 0.15) is 0 Å². The van der Waals surface area contributed by atoms with Crippen LogP contribution in [0.25, 0.3) is 10.9 Å². The van der Waals surface area contributed by atoms with Gasteiger partial charge in [-0.15, -0.1) is 0 Å². The third-order valence-electron chi connectivity index (χ3n) is 3.09. The largest absolute Gasteiger partial charge is 0.308 e. The summed E-state index contributed by atoms with van der Waals surface area (Å²) in [4.78, 5) is 12.1. The van der Waals surface area contributed by atoms with Crippen LogP contribution in [0.4, 0.5) is 0 Å². The number of rotatable bonds is 2. The van der Waals surface area contributed by atoms with Gasteiger partial charge in [-0.25, -0.2) is 0 Å². The van der Waals surface area contributed by atoms with Crippen molar-refractivity contribution in [3.63, 3.8) is 0 Å². The third kappa shape index (κ3) is 2.12. The monoisotopic (exact) mass is 229 g/mol. The summed E-state index contributed by atoms with van der Waals surface area (Å²) in [6.45, 7) is 9.12. The van der Waals surface area contributed by atoms with Gasteiger partial charge in [-0.05, 0) is 30.9 Å². The summed E-state index contributed by atoms with van der Waals surface area (Å²) >= 11 is 0. The molecule has 0 aliphatic carbocycles. The number of nitrogens with zero attached hydrogens (tertiary/aromatic N) is 1. The maximum absolute atomic E-state index is 12.1. The summed E-state index contributed by atoms with van der Waals surface area (Å²) in [5.41, 5.74) is 3.43. The number of aromatic nitrogens is 1. The highest BCUT2D eigenvalue weighted by molar-refractivity contribution is 5.85. The van der Waals surface area contributed by atoms with Crippen molar-refractivity contribution in [2.24, 2.45) is 5.92 Å². The van der Waals surface area contributed by atoms with Crippen LogP contribution in [0.3, 0.4) is 0 Å². The number of hydrogen-bond donors (Lipinski definition) is 0. The van der Waals surface area contributed by atoms with Crippen LogP contribution in [-0.4, -0.2) is 4.57 Å². The number of hydrogen-bond acceptors (Lipinski definition) is 1. The van der Waals surface area contributed by atoms with Crippen LogP contribution in [0.1, 0.15) is 25.0 Å². The SMILES string of the molecule is Cc1cc(=O)n(CC(C)C)c2c(C)cccc12. The van der Waals surface area contributed by atoms with Gasteiger partial charge in [-0.2, -0.15) is 0 Å². The van der Waals surface area contributed by atoms with E-state index in [0.717, 1.165) is 17.6 Å². The van der Waals surface area contributed by atoms with Crippen LogP contribution in [0.2, 0.25) is 0 Å². The first-order valence-corrected chi connectivity index (χ1v) is 6.10. The van der Waals surface area contributed by atoms with Gasteiger partial charge in [0.15, 0.2) is 0 Å². The number of fused-ring (bicyclic) bond motifs is 1. The zero-order chi connectivity index (χ0) is 12.6. The van der Waals surface area contributed by atoms with E-state index in [2.05, 4.69) is 39.0 Å². The molecule has 0 aliphatic heterocycles. The van der Waals surface area contributed by atoms with Crippen molar-refractivity contribution in [3.05, 3.63) is 45.7 Å². The molecule has 1 aromatic heterocycles. The van der Waals surface area contributed by atoms with Gasteiger partial charge >= 0.3 is 0 Å². The molecule has 1 aromatic carbocycles. The standard InChI is InChI=1S/C15H19NO/c1-10(2)9-16-14(17)8-12(4)13-7-5-6-11(3)15(13)16/h5-8,10H,9H2,1-4H3. The van der Waals surface area contributed by atoms with Crippen molar-refractivity contribution in [2.75, 3.05) is 0 Å². The van der Waals surface area contributed by atoms with E-state index in [0.29, 0.717) is 5.92 Å². The van der Waals surface area contributed by atoms with Crippen LogP contribution in [0, 0.1) is 19.8 Å². The van der Waals surface area contributed by atoms with Crippen molar-refractivity contribution in [2.45, 2.75) is 34.2 Å². The van der Waals surface area contributed by atoms with Gasteiger partial charge < -0.3 is 4.57 Å². The zero-order valence-corrected chi connectivity index (χ0v) is 10.9. The van der Waals surface area contributed by atoms with Crippen LogP contribution < -0.4 is 5.56 Å². The first kappa shape index (κ1) is 11.9. The summed E-state index contributed by atoms with van der Waals surface area (Å²) in [5.74, 6) is 0.471. The number of benzene rings is 1. The molecule has 0 amide bonds. The summed E-state index contributed by atoms with van der Waals surface area (Å²) in [5, 5.41) is 1.19. The van der Waals surface area contributed by atoms with Crippen LogP contribution in [0.15, 0.2) is 29.1 Å².